The Bertz CT molecular complexity index is 650. The monoisotopic (exact) mass is 337 g/mol. The minimum Gasteiger partial charge on any atom is -0.368 e. The smallest absolute Gasteiger partial charge is 0.235 e. The van der Waals surface area contributed by atoms with Gasteiger partial charge in [0, 0.05) is 12.0 Å². The van der Waals surface area contributed by atoms with Crippen molar-refractivity contribution in [2.75, 3.05) is 0 Å². The van der Waals surface area contributed by atoms with Crippen molar-refractivity contribution in [2.24, 2.45) is 17.1 Å². The van der Waals surface area contributed by atoms with Gasteiger partial charge >= 0.3 is 0 Å². The molecule has 2 rings (SSSR count). The fourth-order valence-corrected chi connectivity index (χ4v) is 3.50. The van der Waals surface area contributed by atoms with Crippen LogP contribution < -0.4 is 11.1 Å². The molecule has 23 heavy (non-hydrogen) atoms. The number of nitrogens with zero attached hydrogens (tertiary/aromatic N) is 1. The maximum absolute atomic E-state index is 14.4. The Morgan fingerprint density at radius 3 is 2.65 bits per heavy atom. The molecule has 1 aromatic carbocycles. The number of hydrogen-bond acceptors (Lipinski definition) is 3. The molecular formula is C17H21ClFN3O. The highest BCUT2D eigenvalue weighted by molar-refractivity contribution is 6.30. The van der Waals surface area contributed by atoms with Crippen LogP contribution in [0.15, 0.2) is 18.2 Å². The first kappa shape index (κ1) is 17.7. The predicted molar refractivity (Wildman–Crippen MR) is 87.2 cm³/mol. The van der Waals surface area contributed by atoms with E-state index in [1.807, 2.05) is 0 Å². The molecule has 1 fully saturated rings. The zero-order valence-corrected chi connectivity index (χ0v) is 14.2. The van der Waals surface area contributed by atoms with Gasteiger partial charge in [-0.05, 0) is 23.5 Å². The van der Waals surface area contributed by atoms with Gasteiger partial charge in [-0.25, -0.2) is 4.39 Å². The van der Waals surface area contributed by atoms with E-state index in [1.165, 1.54) is 6.07 Å². The molecule has 0 unspecified atom stereocenters. The lowest BCUT2D eigenvalue weighted by molar-refractivity contribution is -0.120. The Hall–Kier alpha value is -1.64. The fourth-order valence-electron chi connectivity index (χ4n) is 3.32. The van der Waals surface area contributed by atoms with Gasteiger partial charge in [0.1, 0.15) is 5.82 Å². The molecule has 1 saturated heterocycles. The number of rotatable bonds is 3. The van der Waals surface area contributed by atoms with E-state index in [-0.39, 0.29) is 22.0 Å². The number of hydrogen-bond donors (Lipinski definition) is 2. The standard InChI is InChI=1S/C17H21ClFN3O/c1-17(2,3)7-12-10(8-20)13(15(22-12)16(21)23)9-5-4-6-11(18)14(9)19/h4-6,10,12-13,15,22H,7H2,1-3H3,(H2,21,23)/t10-,12-,13+,15+/m0/s1. The molecular weight excluding hydrogens is 317 g/mol. The third-order valence-corrected chi connectivity index (χ3v) is 4.49. The van der Waals surface area contributed by atoms with E-state index in [4.69, 9.17) is 17.3 Å². The summed E-state index contributed by atoms with van der Waals surface area (Å²) in [6.07, 6.45) is 0.674. The van der Waals surface area contributed by atoms with Crippen LogP contribution in [0.3, 0.4) is 0 Å². The lowest BCUT2D eigenvalue weighted by Gasteiger charge is -2.25. The van der Waals surface area contributed by atoms with Crippen LogP contribution >= 0.6 is 11.6 Å². The van der Waals surface area contributed by atoms with Gasteiger partial charge < -0.3 is 11.1 Å². The van der Waals surface area contributed by atoms with E-state index in [0.29, 0.717) is 6.42 Å². The van der Waals surface area contributed by atoms with Crippen molar-refractivity contribution in [3.8, 4) is 6.07 Å². The normalized spacial score (nSPS) is 27.7. The average molecular weight is 338 g/mol. The van der Waals surface area contributed by atoms with Gasteiger partial charge in [0.2, 0.25) is 5.91 Å². The first-order valence-electron chi connectivity index (χ1n) is 7.54. The largest absolute Gasteiger partial charge is 0.368 e. The molecule has 1 aliphatic rings. The summed E-state index contributed by atoms with van der Waals surface area (Å²) in [5.41, 5.74) is 5.71. The number of nitrogens with one attached hydrogen (secondary N) is 1. The van der Waals surface area contributed by atoms with Crippen molar-refractivity contribution in [3.05, 3.63) is 34.6 Å². The maximum Gasteiger partial charge on any atom is 0.235 e. The summed E-state index contributed by atoms with van der Waals surface area (Å²) < 4.78 is 14.4. The van der Waals surface area contributed by atoms with Gasteiger partial charge in [-0.15, -0.1) is 0 Å². The van der Waals surface area contributed by atoms with Crippen LogP contribution in [0.25, 0.3) is 0 Å². The Morgan fingerprint density at radius 2 is 2.13 bits per heavy atom. The number of carbonyl (C=O) groups is 1. The molecule has 0 bridgehead atoms. The van der Waals surface area contributed by atoms with E-state index < -0.39 is 29.6 Å². The van der Waals surface area contributed by atoms with E-state index >= 15 is 0 Å². The van der Waals surface area contributed by atoms with Gasteiger partial charge in [-0.1, -0.05) is 44.5 Å². The van der Waals surface area contributed by atoms with Gasteiger partial charge in [-0.3, -0.25) is 4.79 Å². The van der Waals surface area contributed by atoms with E-state index in [2.05, 4.69) is 32.2 Å². The van der Waals surface area contributed by atoms with E-state index in [1.54, 1.807) is 12.1 Å². The van der Waals surface area contributed by atoms with Crippen LogP contribution in [0.2, 0.25) is 5.02 Å². The first-order valence-corrected chi connectivity index (χ1v) is 7.92. The number of carbonyl (C=O) groups excluding carboxylic acids is 1. The van der Waals surface area contributed by atoms with Crippen molar-refractivity contribution < 1.29 is 9.18 Å². The maximum atomic E-state index is 14.4. The minimum absolute atomic E-state index is 0.0262. The molecule has 1 heterocycles. The van der Waals surface area contributed by atoms with Gasteiger partial charge in [0.15, 0.2) is 0 Å². The number of nitriles is 1. The molecule has 0 radical (unpaired) electrons. The van der Waals surface area contributed by atoms with Crippen LogP contribution in [-0.4, -0.2) is 18.0 Å². The molecule has 1 aliphatic heterocycles. The summed E-state index contributed by atoms with van der Waals surface area (Å²) in [4.78, 5) is 11.8. The van der Waals surface area contributed by atoms with Crippen LogP contribution in [0.4, 0.5) is 4.39 Å². The zero-order valence-electron chi connectivity index (χ0n) is 13.4. The Morgan fingerprint density at radius 1 is 1.48 bits per heavy atom. The van der Waals surface area contributed by atoms with Crippen molar-refractivity contribution in [1.82, 2.24) is 5.32 Å². The number of halogens is 2. The summed E-state index contributed by atoms with van der Waals surface area (Å²) in [6, 6.07) is 5.83. The Kier molecular flexibility index (Phi) is 4.98. The quantitative estimate of drug-likeness (QED) is 0.890. The van der Waals surface area contributed by atoms with Crippen LogP contribution in [-0.2, 0) is 4.79 Å². The molecule has 0 aliphatic carbocycles. The van der Waals surface area contributed by atoms with Crippen molar-refractivity contribution in [2.45, 2.75) is 45.2 Å². The molecule has 3 N–H and O–H groups in total. The second kappa shape index (κ2) is 6.46. The third kappa shape index (κ3) is 3.65. The Labute approximate surface area is 140 Å². The number of nitrogens with two attached hydrogens (primary N) is 1. The zero-order chi connectivity index (χ0) is 17.4. The highest BCUT2D eigenvalue weighted by Crippen LogP contribution is 2.41. The lowest BCUT2D eigenvalue weighted by atomic mass is 9.78. The molecule has 0 saturated carbocycles. The molecule has 1 amide bonds. The van der Waals surface area contributed by atoms with Crippen LogP contribution in [0.1, 0.15) is 38.7 Å². The number of amides is 1. The van der Waals surface area contributed by atoms with Gasteiger partial charge in [0.05, 0.1) is 23.1 Å². The average Bonchev–Trinajstić information content (AvgIpc) is 2.78. The molecule has 0 aromatic heterocycles. The van der Waals surface area contributed by atoms with Crippen molar-refractivity contribution in [1.29, 1.82) is 5.26 Å². The predicted octanol–water partition coefficient (Wildman–Crippen LogP) is 2.96. The Balaban J connectivity index is 2.47. The van der Waals surface area contributed by atoms with E-state index in [9.17, 15) is 14.4 Å². The second-order valence-electron chi connectivity index (χ2n) is 7.24. The molecule has 124 valence electrons. The molecule has 4 atom stereocenters. The minimum atomic E-state index is -0.792. The molecule has 6 heteroatoms. The highest BCUT2D eigenvalue weighted by Gasteiger charge is 2.48. The number of primary amides is 1. The van der Waals surface area contributed by atoms with Crippen LogP contribution in [0.5, 0.6) is 0 Å². The second-order valence-corrected chi connectivity index (χ2v) is 7.65. The van der Waals surface area contributed by atoms with Gasteiger partial charge in [-0.2, -0.15) is 5.26 Å². The summed E-state index contributed by atoms with van der Waals surface area (Å²) in [5, 5.41) is 12.7. The summed E-state index contributed by atoms with van der Waals surface area (Å²) in [6.45, 7) is 6.15. The summed E-state index contributed by atoms with van der Waals surface area (Å²) >= 11 is 5.86. The first-order chi connectivity index (χ1) is 10.7. The third-order valence-electron chi connectivity index (χ3n) is 4.20. The molecule has 0 spiro atoms. The topological polar surface area (TPSA) is 78.9 Å². The highest BCUT2D eigenvalue weighted by atomic mass is 35.5. The molecule has 4 nitrogen and oxygen atoms in total. The summed E-state index contributed by atoms with van der Waals surface area (Å²) in [7, 11) is 0. The van der Waals surface area contributed by atoms with Crippen LogP contribution in [0, 0.1) is 28.5 Å². The van der Waals surface area contributed by atoms with Crippen molar-refractivity contribution >= 4 is 17.5 Å². The summed E-state index contributed by atoms with van der Waals surface area (Å²) in [5.74, 6) is -2.39. The number of benzene rings is 1. The lowest BCUT2D eigenvalue weighted by Crippen LogP contribution is -2.42. The SMILES string of the molecule is CC(C)(C)C[C@@H]1N[C@@H](C(N)=O)[C@H](c2cccc(Cl)c2F)[C@H]1C#N. The van der Waals surface area contributed by atoms with E-state index in [0.717, 1.165) is 0 Å². The fraction of sp³-hybridized carbons (Fsp3) is 0.529. The molecule has 1 aromatic rings. The van der Waals surface area contributed by atoms with Gasteiger partial charge in [0.25, 0.3) is 0 Å². The van der Waals surface area contributed by atoms with Crippen molar-refractivity contribution in [3.63, 3.8) is 0 Å².